The van der Waals surface area contributed by atoms with E-state index in [0.29, 0.717) is 0 Å². The summed E-state index contributed by atoms with van der Waals surface area (Å²) >= 11 is 9.98. The maximum Gasteiger partial charge on any atom is 0.137 e. The van der Waals surface area contributed by atoms with Crippen molar-refractivity contribution in [2.75, 3.05) is 11.6 Å². The summed E-state index contributed by atoms with van der Waals surface area (Å²) in [6, 6.07) is 7.89. The van der Waals surface area contributed by atoms with Crippen LogP contribution in [0.2, 0.25) is 0 Å². The van der Waals surface area contributed by atoms with Gasteiger partial charge in [-0.2, -0.15) is 0 Å². The van der Waals surface area contributed by atoms with E-state index >= 15 is 0 Å². The average molecular weight is 262 g/mol. The molecule has 64 valence electrons. The molecule has 0 amide bonds. The Morgan fingerprint density at radius 3 is 2.75 bits per heavy atom. The molecule has 0 fully saturated rings. The fourth-order valence-corrected chi connectivity index (χ4v) is 1.43. The zero-order valence-electron chi connectivity index (χ0n) is 6.50. The molecule has 0 heterocycles. The Morgan fingerprint density at radius 2 is 2.17 bits per heavy atom. The van der Waals surface area contributed by atoms with Crippen LogP contribution in [0.5, 0.6) is 0 Å². The number of anilines is 1. The van der Waals surface area contributed by atoms with E-state index in [9.17, 15) is 0 Å². The van der Waals surface area contributed by atoms with Gasteiger partial charge < -0.3 is 5.32 Å². The molecule has 0 spiro atoms. The summed E-state index contributed by atoms with van der Waals surface area (Å²) < 4.78 is 1.81. The summed E-state index contributed by atoms with van der Waals surface area (Å²) in [5, 5.41) is 3.11. The SMILES string of the molecule is CSC(=S)Nc1ccccc1Br. The third-order valence-electron chi connectivity index (χ3n) is 1.30. The summed E-state index contributed by atoms with van der Waals surface area (Å²) in [7, 11) is 0. The number of hydrogen-bond donors (Lipinski definition) is 1. The van der Waals surface area contributed by atoms with Crippen molar-refractivity contribution in [3.05, 3.63) is 28.7 Å². The van der Waals surface area contributed by atoms with E-state index in [-0.39, 0.29) is 0 Å². The third kappa shape index (κ3) is 2.77. The van der Waals surface area contributed by atoms with Gasteiger partial charge in [-0.05, 0) is 34.3 Å². The highest BCUT2D eigenvalue weighted by molar-refractivity contribution is 9.10. The maximum absolute atomic E-state index is 5.03. The molecule has 0 saturated carbocycles. The lowest BCUT2D eigenvalue weighted by Gasteiger charge is -2.06. The zero-order chi connectivity index (χ0) is 8.97. The molecule has 1 aromatic rings. The minimum absolute atomic E-state index is 0.780. The Hall–Kier alpha value is -0.0600. The van der Waals surface area contributed by atoms with Crippen LogP contribution >= 0.6 is 39.9 Å². The normalized spacial score (nSPS) is 9.50. The minimum Gasteiger partial charge on any atom is -0.340 e. The minimum atomic E-state index is 0.780. The first-order valence-electron chi connectivity index (χ1n) is 3.33. The Morgan fingerprint density at radius 1 is 1.50 bits per heavy atom. The molecule has 0 aromatic heterocycles. The topological polar surface area (TPSA) is 12.0 Å². The summed E-state index contributed by atoms with van der Waals surface area (Å²) in [6.07, 6.45) is 1.95. The predicted molar refractivity (Wildman–Crippen MR) is 63.9 cm³/mol. The second kappa shape index (κ2) is 4.84. The van der Waals surface area contributed by atoms with Crippen molar-refractivity contribution in [3.8, 4) is 0 Å². The second-order valence-corrected chi connectivity index (χ2v) is 4.43. The molecule has 12 heavy (non-hydrogen) atoms. The quantitative estimate of drug-likeness (QED) is 0.778. The largest absolute Gasteiger partial charge is 0.340 e. The van der Waals surface area contributed by atoms with Crippen molar-refractivity contribution >= 4 is 49.9 Å². The number of hydrogen-bond acceptors (Lipinski definition) is 2. The predicted octanol–water partition coefficient (Wildman–Crippen LogP) is 3.51. The summed E-state index contributed by atoms with van der Waals surface area (Å²) in [6.45, 7) is 0. The van der Waals surface area contributed by atoms with E-state index in [1.807, 2.05) is 30.5 Å². The van der Waals surface area contributed by atoms with Gasteiger partial charge in [-0.25, -0.2) is 0 Å². The number of halogens is 1. The first-order chi connectivity index (χ1) is 5.74. The van der Waals surface area contributed by atoms with E-state index in [4.69, 9.17) is 12.2 Å². The Kier molecular flexibility index (Phi) is 4.05. The Bertz CT molecular complexity index is 288. The molecule has 0 aliphatic carbocycles. The monoisotopic (exact) mass is 261 g/mol. The van der Waals surface area contributed by atoms with Gasteiger partial charge in [0.15, 0.2) is 0 Å². The van der Waals surface area contributed by atoms with Gasteiger partial charge in [0.25, 0.3) is 0 Å². The first-order valence-corrected chi connectivity index (χ1v) is 5.76. The molecule has 0 aliphatic heterocycles. The molecule has 4 heteroatoms. The Balaban J connectivity index is 2.75. The summed E-state index contributed by atoms with van der Waals surface area (Å²) in [4.78, 5) is 0. The number of thiocarbonyl (C=S) groups is 1. The van der Waals surface area contributed by atoms with Crippen LogP contribution in [0.1, 0.15) is 0 Å². The van der Waals surface area contributed by atoms with Crippen molar-refractivity contribution < 1.29 is 0 Å². The molecular weight excluding hydrogens is 254 g/mol. The van der Waals surface area contributed by atoms with E-state index in [1.54, 1.807) is 0 Å². The molecule has 1 rings (SSSR count). The van der Waals surface area contributed by atoms with Crippen LogP contribution in [0.4, 0.5) is 5.69 Å². The fraction of sp³-hybridized carbons (Fsp3) is 0.125. The lowest BCUT2D eigenvalue weighted by Crippen LogP contribution is -2.03. The number of para-hydroxylation sites is 1. The number of thioether (sulfide) groups is 1. The van der Waals surface area contributed by atoms with Crippen molar-refractivity contribution in [2.45, 2.75) is 0 Å². The third-order valence-corrected chi connectivity index (χ3v) is 3.06. The fourth-order valence-electron chi connectivity index (χ4n) is 0.724. The van der Waals surface area contributed by atoms with Gasteiger partial charge in [0.1, 0.15) is 4.32 Å². The highest BCUT2D eigenvalue weighted by Gasteiger charge is 1.98. The van der Waals surface area contributed by atoms with Gasteiger partial charge in [-0.1, -0.05) is 24.4 Å². The molecule has 1 nitrogen and oxygen atoms in total. The van der Waals surface area contributed by atoms with Crippen molar-refractivity contribution in [1.29, 1.82) is 0 Å². The van der Waals surface area contributed by atoms with Gasteiger partial charge in [-0.3, -0.25) is 0 Å². The molecule has 0 saturated heterocycles. The van der Waals surface area contributed by atoms with E-state index in [2.05, 4.69) is 21.2 Å². The van der Waals surface area contributed by atoms with Crippen molar-refractivity contribution in [3.63, 3.8) is 0 Å². The van der Waals surface area contributed by atoms with Crippen LogP contribution in [0.15, 0.2) is 28.7 Å². The second-order valence-electron chi connectivity index (χ2n) is 2.10. The lowest BCUT2D eigenvalue weighted by atomic mass is 10.3. The average Bonchev–Trinajstić information content (AvgIpc) is 2.09. The lowest BCUT2D eigenvalue weighted by molar-refractivity contribution is 1.61. The zero-order valence-corrected chi connectivity index (χ0v) is 9.72. The van der Waals surface area contributed by atoms with Crippen LogP contribution < -0.4 is 5.32 Å². The number of rotatable bonds is 1. The van der Waals surface area contributed by atoms with E-state index < -0.39 is 0 Å². The maximum atomic E-state index is 5.03. The molecule has 1 aromatic carbocycles. The first kappa shape index (κ1) is 10.0. The highest BCUT2D eigenvalue weighted by Crippen LogP contribution is 2.22. The molecule has 0 aliphatic rings. The van der Waals surface area contributed by atoms with Crippen LogP contribution in [0.25, 0.3) is 0 Å². The van der Waals surface area contributed by atoms with Crippen LogP contribution in [0, 0.1) is 0 Å². The van der Waals surface area contributed by atoms with Crippen LogP contribution in [0.3, 0.4) is 0 Å². The van der Waals surface area contributed by atoms with Crippen LogP contribution in [-0.2, 0) is 0 Å². The van der Waals surface area contributed by atoms with E-state index in [0.717, 1.165) is 14.5 Å². The van der Waals surface area contributed by atoms with Crippen LogP contribution in [-0.4, -0.2) is 10.6 Å². The van der Waals surface area contributed by atoms with Gasteiger partial charge >= 0.3 is 0 Å². The van der Waals surface area contributed by atoms with Gasteiger partial charge in [0.05, 0.1) is 5.69 Å². The van der Waals surface area contributed by atoms with Gasteiger partial charge in [0.2, 0.25) is 0 Å². The smallest absolute Gasteiger partial charge is 0.137 e. The van der Waals surface area contributed by atoms with Crippen molar-refractivity contribution in [1.82, 2.24) is 0 Å². The molecule has 0 unspecified atom stereocenters. The van der Waals surface area contributed by atoms with E-state index in [1.165, 1.54) is 11.8 Å². The van der Waals surface area contributed by atoms with Gasteiger partial charge in [-0.15, -0.1) is 11.8 Å². The highest BCUT2D eigenvalue weighted by atomic mass is 79.9. The Labute approximate surface area is 90.1 Å². The molecule has 0 bridgehead atoms. The molecular formula is C8H8BrNS2. The summed E-state index contributed by atoms with van der Waals surface area (Å²) in [5.41, 5.74) is 1.01. The number of benzene rings is 1. The standard InChI is InChI=1S/C8H8BrNS2/c1-12-8(11)10-7-5-3-2-4-6(7)9/h2-5H,1H3,(H,10,11). The number of nitrogens with one attached hydrogen (secondary N) is 1. The summed E-state index contributed by atoms with van der Waals surface area (Å²) in [5.74, 6) is 0. The molecule has 1 N–H and O–H groups in total. The molecule has 0 radical (unpaired) electrons. The van der Waals surface area contributed by atoms with Gasteiger partial charge in [0, 0.05) is 4.47 Å². The molecule has 0 atom stereocenters. The van der Waals surface area contributed by atoms with Crippen molar-refractivity contribution in [2.24, 2.45) is 0 Å².